The minimum absolute atomic E-state index is 0.133. The highest BCUT2D eigenvalue weighted by Crippen LogP contribution is 2.56. The molecule has 120 valence electrons. The van der Waals surface area contributed by atoms with Crippen LogP contribution in [0.1, 0.15) is 24.8 Å². The molecule has 0 unspecified atom stereocenters. The van der Waals surface area contributed by atoms with Crippen molar-refractivity contribution in [1.82, 2.24) is 4.90 Å². The van der Waals surface area contributed by atoms with Crippen LogP contribution in [-0.4, -0.2) is 29.2 Å². The molecule has 3 aliphatic rings. The first-order valence-corrected chi connectivity index (χ1v) is 8.26. The molecule has 0 spiro atoms. The molecule has 1 saturated heterocycles. The van der Waals surface area contributed by atoms with Crippen molar-refractivity contribution in [2.24, 2.45) is 23.7 Å². The van der Waals surface area contributed by atoms with E-state index in [1.807, 2.05) is 31.2 Å². The summed E-state index contributed by atoms with van der Waals surface area (Å²) in [7, 11) is 0. The average Bonchev–Trinajstić information content (AvgIpc) is 3.19. The Hall–Kier alpha value is -2.17. The Kier molecular flexibility index (Phi) is 3.25. The number of nitrogens with one attached hydrogen (secondary N) is 1. The van der Waals surface area contributed by atoms with E-state index in [1.54, 1.807) is 0 Å². The summed E-state index contributed by atoms with van der Waals surface area (Å²) in [5.41, 5.74) is 1.79. The highest BCUT2D eigenvalue weighted by molar-refractivity contribution is 6.09. The fraction of sp³-hybridized carbons (Fsp3) is 0.500. The van der Waals surface area contributed by atoms with Gasteiger partial charge in [0.2, 0.25) is 17.7 Å². The van der Waals surface area contributed by atoms with Crippen LogP contribution in [0.15, 0.2) is 24.3 Å². The average molecular weight is 312 g/mol. The van der Waals surface area contributed by atoms with Crippen LogP contribution in [0.2, 0.25) is 0 Å². The molecule has 2 saturated carbocycles. The molecule has 4 atom stereocenters. The third kappa shape index (κ3) is 2.26. The number of aryl methyl sites for hydroxylation is 1. The lowest BCUT2D eigenvalue weighted by molar-refractivity contribution is -0.143. The molecule has 5 heteroatoms. The Balaban J connectivity index is 1.44. The Morgan fingerprint density at radius 1 is 1.09 bits per heavy atom. The molecule has 3 amide bonds. The van der Waals surface area contributed by atoms with Gasteiger partial charge < -0.3 is 5.32 Å². The van der Waals surface area contributed by atoms with Gasteiger partial charge in [-0.1, -0.05) is 17.7 Å². The Bertz CT molecular complexity index is 654. The number of rotatable bonds is 3. The highest BCUT2D eigenvalue weighted by Gasteiger charge is 2.60. The molecule has 1 N–H and O–H groups in total. The van der Waals surface area contributed by atoms with Crippen molar-refractivity contribution < 1.29 is 14.4 Å². The molecule has 23 heavy (non-hydrogen) atoms. The highest BCUT2D eigenvalue weighted by atomic mass is 16.2. The summed E-state index contributed by atoms with van der Waals surface area (Å²) in [6.07, 6.45) is 3.11. The van der Waals surface area contributed by atoms with E-state index < -0.39 is 0 Å². The van der Waals surface area contributed by atoms with Gasteiger partial charge in [0.15, 0.2) is 0 Å². The predicted octanol–water partition coefficient (Wildman–Crippen LogP) is 1.96. The topological polar surface area (TPSA) is 66.5 Å². The Labute approximate surface area is 135 Å². The molecule has 2 bridgehead atoms. The maximum absolute atomic E-state index is 12.5. The summed E-state index contributed by atoms with van der Waals surface area (Å²) in [6.45, 7) is 1.80. The van der Waals surface area contributed by atoms with Gasteiger partial charge in [-0.2, -0.15) is 0 Å². The molecular weight excluding hydrogens is 292 g/mol. The minimum Gasteiger partial charge on any atom is -0.325 e. The van der Waals surface area contributed by atoms with Crippen molar-refractivity contribution in [3.8, 4) is 0 Å². The molecule has 0 aromatic heterocycles. The molecule has 2 aliphatic carbocycles. The van der Waals surface area contributed by atoms with E-state index in [9.17, 15) is 14.4 Å². The molecule has 0 radical (unpaired) electrons. The number of carbonyl (C=O) groups is 3. The van der Waals surface area contributed by atoms with Gasteiger partial charge in [0.1, 0.15) is 6.54 Å². The largest absolute Gasteiger partial charge is 0.325 e. The fourth-order valence-electron chi connectivity index (χ4n) is 4.61. The first-order valence-electron chi connectivity index (χ1n) is 8.26. The first kappa shape index (κ1) is 14.4. The van der Waals surface area contributed by atoms with Crippen molar-refractivity contribution in [2.75, 3.05) is 11.9 Å². The van der Waals surface area contributed by atoms with Crippen LogP contribution in [0.3, 0.4) is 0 Å². The lowest BCUT2D eigenvalue weighted by Gasteiger charge is -2.19. The molecule has 1 aromatic carbocycles. The quantitative estimate of drug-likeness (QED) is 0.868. The van der Waals surface area contributed by atoms with Crippen LogP contribution in [-0.2, 0) is 14.4 Å². The normalized spacial score (nSPS) is 31.6. The number of amides is 3. The van der Waals surface area contributed by atoms with E-state index in [0.29, 0.717) is 17.5 Å². The Morgan fingerprint density at radius 3 is 2.22 bits per heavy atom. The predicted molar refractivity (Wildman–Crippen MR) is 84.3 cm³/mol. The second kappa shape index (κ2) is 5.18. The van der Waals surface area contributed by atoms with Crippen molar-refractivity contribution in [1.29, 1.82) is 0 Å². The van der Waals surface area contributed by atoms with E-state index in [0.717, 1.165) is 24.8 Å². The van der Waals surface area contributed by atoms with Crippen LogP contribution < -0.4 is 5.32 Å². The number of hydrogen-bond donors (Lipinski definition) is 1. The molecule has 1 aromatic rings. The van der Waals surface area contributed by atoms with Crippen LogP contribution in [0, 0.1) is 30.6 Å². The zero-order chi connectivity index (χ0) is 16.1. The molecule has 4 rings (SSSR count). The first-order chi connectivity index (χ1) is 11.0. The van der Waals surface area contributed by atoms with Gasteiger partial charge in [-0.15, -0.1) is 0 Å². The number of nitrogens with zero attached hydrogens (tertiary/aromatic N) is 1. The number of imide groups is 1. The third-order valence-corrected chi connectivity index (χ3v) is 5.66. The second-order valence-corrected chi connectivity index (χ2v) is 7.06. The summed E-state index contributed by atoms with van der Waals surface area (Å²) in [4.78, 5) is 38.5. The molecule has 5 nitrogen and oxygen atoms in total. The van der Waals surface area contributed by atoms with Gasteiger partial charge in [0.05, 0.1) is 11.8 Å². The zero-order valence-electron chi connectivity index (χ0n) is 13.1. The van der Waals surface area contributed by atoms with Gasteiger partial charge >= 0.3 is 0 Å². The molecular formula is C18H20N2O3. The van der Waals surface area contributed by atoms with Gasteiger partial charge in [-0.25, -0.2) is 0 Å². The van der Waals surface area contributed by atoms with E-state index >= 15 is 0 Å². The van der Waals surface area contributed by atoms with Gasteiger partial charge in [0, 0.05) is 5.69 Å². The zero-order valence-corrected chi connectivity index (χ0v) is 13.1. The molecule has 1 heterocycles. The standard InChI is InChI=1S/C18H20N2O3/c1-10-2-6-13(7-3-10)19-14(21)9-20-17(22)15-11-4-5-12(8-11)16(15)18(20)23/h2-3,6-7,11-12,15-16H,4-5,8-9H2,1H3,(H,19,21)/t11-,12-,15-,16+/m1/s1. The number of anilines is 1. The lowest BCUT2D eigenvalue weighted by atomic mass is 9.81. The third-order valence-electron chi connectivity index (χ3n) is 5.66. The van der Waals surface area contributed by atoms with Crippen molar-refractivity contribution >= 4 is 23.4 Å². The van der Waals surface area contributed by atoms with E-state index in [-0.39, 0.29) is 36.1 Å². The number of hydrogen-bond acceptors (Lipinski definition) is 3. The number of benzene rings is 1. The monoisotopic (exact) mass is 312 g/mol. The van der Waals surface area contributed by atoms with Crippen LogP contribution >= 0.6 is 0 Å². The second-order valence-electron chi connectivity index (χ2n) is 7.06. The van der Waals surface area contributed by atoms with E-state index in [1.165, 1.54) is 4.90 Å². The van der Waals surface area contributed by atoms with Gasteiger partial charge in [0.25, 0.3) is 0 Å². The maximum Gasteiger partial charge on any atom is 0.244 e. The smallest absolute Gasteiger partial charge is 0.244 e. The summed E-state index contributed by atoms with van der Waals surface area (Å²) in [5.74, 6) is -0.194. The van der Waals surface area contributed by atoms with Gasteiger partial charge in [-0.3, -0.25) is 19.3 Å². The SMILES string of the molecule is Cc1ccc(NC(=O)CN2C(=O)[C@@H]3[C@@H]4CC[C@H](C4)[C@@H]3C2=O)cc1. The van der Waals surface area contributed by atoms with Crippen LogP contribution in [0.5, 0.6) is 0 Å². The summed E-state index contributed by atoms with van der Waals surface area (Å²) >= 11 is 0. The van der Waals surface area contributed by atoms with Crippen LogP contribution in [0.4, 0.5) is 5.69 Å². The summed E-state index contributed by atoms with van der Waals surface area (Å²) in [6, 6.07) is 7.44. The van der Waals surface area contributed by atoms with Crippen LogP contribution in [0.25, 0.3) is 0 Å². The maximum atomic E-state index is 12.5. The molecule has 3 fully saturated rings. The minimum atomic E-state index is -0.317. The summed E-state index contributed by atoms with van der Waals surface area (Å²) in [5, 5.41) is 2.76. The Morgan fingerprint density at radius 2 is 1.65 bits per heavy atom. The number of likely N-dealkylation sites (tertiary alicyclic amines) is 1. The van der Waals surface area contributed by atoms with E-state index in [2.05, 4.69) is 5.32 Å². The van der Waals surface area contributed by atoms with E-state index in [4.69, 9.17) is 0 Å². The van der Waals surface area contributed by atoms with Gasteiger partial charge in [-0.05, 0) is 50.2 Å². The lowest BCUT2D eigenvalue weighted by Crippen LogP contribution is -2.39. The molecule has 1 aliphatic heterocycles. The number of carbonyl (C=O) groups excluding carboxylic acids is 3. The summed E-state index contributed by atoms with van der Waals surface area (Å²) < 4.78 is 0. The van der Waals surface area contributed by atoms with Crippen molar-refractivity contribution in [3.63, 3.8) is 0 Å². The number of fused-ring (bicyclic) bond motifs is 5. The van der Waals surface area contributed by atoms with Crippen molar-refractivity contribution in [2.45, 2.75) is 26.2 Å². The fourth-order valence-corrected chi connectivity index (χ4v) is 4.61. The van der Waals surface area contributed by atoms with Crippen molar-refractivity contribution in [3.05, 3.63) is 29.8 Å².